The number of benzene rings is 1. The smallest absolute Gasteiger partial charge is 0.223 e. The molecule has 100 valence electrons. The van der Waals surface area contributed by atoms with Gasteiger partial charge < -0.3 is 15.2 Å². The van der Waals surface area contributed by atoms with Crippen molar-refractivity contribution in [1.82, 2.24) is 5.32 Å². The minimum atomic E-state index is -0.210. The van der Waals surface area contributed by atoms with Crippen LogP contribution in [0.5, 0.6) is 5.75 Å². The topological polar surface area (TPSA) is 58.6 Å². The van der Waals surface area contributed by atoms with Gasteiger partial charge in [0.1, 0.15) is 5.75 Å². The molecule has 0 heterocycles. The van der Waals surface area contributed by atoms with Gasteiger partial charge in [-0.1, -0.05) is 6.07 Å². The Labute approximate surface area is 108 Å². The van der Waals surface area contributed by atoms with Gasteiger partial charge in [-0.05, 0) is 44.0 Å². The Kier molecular flexibility index (Phi) is 5.65. The van der Waals surface area contributed by atoms with Gasteiger partial charge in [-0.3, -0.25) is 4.79 Å². The molecular formula is C14H21NO3. The predicted octanol–water partition coefficient (Wildman–Crippen LogP) is 1.57. The second kappa shape index (κ2) is 7.01. The molecule has 0 aromatic heterocycles. The number of rotatable bonds is 6. The number of hydrogen-bond donors (Lipinski definition) is 2. The van der Waals surface area contributed by atoms with E-state index >= 15 is 0 Å². The minimum Gasteiger partial charge on any atom is -0.493 e. The second-order valence-corrected chi connectivity index (χ2v) is 4.57. The summed E-state index contributed by atoms with van der Waals surface area (Å²) in [4.78, 5) is 11.4. The largest absolute Gasteiger partial charge is 0.493 e. The fraction of sp³-hybridized carbons (Fsp3) is 0.500. The molecule has 1 atom stereocenters. The van der Waals surface area contributed by atoms with Gasteiger partial charge in [-0.25, -0.2) is 0 Å². The summed E-state index contributed by atoms with van der Waals surface area (Å²) >= 11 is 0. The summed E-state index contributed by atoms with van der Waals surface area (Å²) in [7, 11) is 0. The van der Waals surface area contributed by atoms with E-state index in [1.807, 2.05) is 26.0 Å². The fourth-order valence-corrected chi connectivity index (χ4v) is 1.67. The molecule has 0 unspecified atom stereocenters. The summed E-state index contributed by atoms with van der Waals surface area (Å²) in [6.07, 6.45) is 0.289. The molecule has 1 aromatic carbocycles. The first-order chi connectivity index (χ1) is 8.51. The molecule has 0 spiro atoms. The van der Waals surface area contributed by atoms with Crippen molar-refractivity contribution in [2.45, 2.75) is 33.2 Å². The number of carbonyl (C=O) groups is 1. The third-order valence-electron chi connectivity index (χ3n) is 2.47. The number of aliphatic hydroxyl groups is 1. The molecule has 4 heteroatoms. The van der Waals surface area contributed by atoms with E-state index in [9.17, 15) is 4.79 Å². The van der Waals surface area contributed by atoms with Crippen LogP contribution in [0.15, 0.2) is 18.2 Å². The lowest BCUT2D eigenvalue weighted by molar-refractivity contribution is -0.122. The summed E-state index contributed by atoms with van der Waals surface area (Å²) in [6, 6.07) is 5.75. The van der Waals surface area contributed by atoms with Crippen LogP contribution in [-0.4, -0.2) is 30.3 Å². The molecule has 4 nitrogen and oxygen atoms in total. The first-order valence-corrected chi connectivity index (χ1v) is 6.12. The van der Waals surface area contributed by atoms with Crippen molar-refractivity contribution in [3.8, 4) is 5.75 Å². The van der Waals surface area contributed by atoms with Crippen molar-refractivity contribution in [2.75, 3.05) is 13.2 Å². The molecule has 0 radical (unpaired) electrons. The number of aryl methyl sites for hydroxylation is 2. The Bertz CT molecular complexity index is 384. The van der Waals surface area contributed by atoms with Crippen LogP contribution in [0.2, 0.25) is 0 Å². The van der Waals surface area contributed by atoms with E-state index in [-0.39, 0.29) is 25.0 Å². The molecule has 0 aliphatic carbocycles. The van der Waals surface area contributed by atoms with Gasteiger partial charge in [-0.2, -0.15) is 0 Å². The van der Waals surface area contributed by atoms with Crippen LogP contribution in [0.3, 0.4) is 0 Å². The van der Waals surface area contributed by atoms with E-state index in [0.29, 0.717) is 6.61 Å². The number of carbonyl (C=O) groups excluding carboxylic acids is 1. The van der Waals surface area contributed by atoms with Gasteiger partial charge in [0.25, 0.3) is 0 Å². The number of hydrogen-bond acceptors (Lipinski definition) is 3. The van der Waals surface area contributed by atoms with E-state index in [4.69, 9.17) is 9.84 Å². The van der Waals surface area contributed by atoms with Crippen LogP contribution in [0.1, 0.15) is 24.5 Å². The molecule has 1 aromatic rings. The van der Waals surface area contributed by atoms with Crippen molar-refractivity contribution in [3.63, 3.8) is 0 Å². The molecule has 0 bridgehead atoms. The average Bonchev–Trinajstić information content (AvgIpc) is 2.27. The summed E-state index contributed by atoms with van der Waals surface area (Å²) in [6.45, 7) is 6.06. The van der Waals surface area contributed by atoms with Gasteiger partial charge in [0.2, 0.25) is 5.91 Å². The van der Waals surface area contributed by atoms with Crippen molar-refractivity contribution in [2.24, 2.45) is 0 Å². The van der Waals surface area contributed by atoms with E-state index in [1.54, 1.807) is 6.92 Å². The molecule has 1 amide bonds. The molecule has 0 aliphatic heterocycles. The molecule has 0 saturated carbocycles. The zero-order chi connectivity index (χ0) is 13.5. The van der Waals surface area contributed by atoms with E-state index in [2.05, 4.69) is 11.4 Å². The first-order valence-electron chi connectivity index (χ1n) is 6.12. The lowest BCUT2D eigenvalue weighted by atomic mass is 10.1. The first kappa shape index (κ1) is 14.5. The Morgan fingerprint density at radius 1 is 1.33 bits per heavy atom. The summed E-state index contributed by atoms with van der Waals surface area (Å²) in [5.74, 6) is 0.677. The molecule has 0 fully saturated rings. The van der Waals surface area contributed by atoms with E-state index in [0.717, 1.165) is 16.9 Å². The Morgan fingerprint density at radius 2 is 1.94 bits per heavy atom. The van der Waals surface area contributed by atoms with E-state index in [1.165, 1.54) is 0 Å². The molecule has 1 rings (SSSR count). The normalized spacial score (nSPS) is 12.0. The summed E-state index contributed by atoms with van der Waals surface area (Å²) in [5.41, 5.74) is 2.28. The maximum absolute atomic E-state index is 11.4. The predicted molar refractivity (Wildman–Crippen MR) is 70.7 cm³/mol. The van der Waals surface area contributed by atoms with Crippen LogP contribution in [0.4, 0.5) is 0 Å². The molecule has 0 aliphatic rings. The van der Waals surface area contributed by atoms with Crippen molar-refractivity contribution >= 4 is 5.91 Å². The summed E-state index contributed by atoms with van der Waals surface area (Å²) in [5, 5.41) is 11.5. The lowest BCUT2D eigenvalue weighted by Crippen LogP contribution is -2.35. The van der Waals surface area contributed by atoms with Crippen LogP contribution >= 0.6 is 0 Å². The van der Waals surface area contributed by atoms with Crippen molar-refractivity contribution in [3.05, 3.63) is 29.3 Å². The average molecular weight is 251 g/mol. The van der Waals surface area contributed by atoms with Gasteiger partial charge in [0.15, 0.2) is 0 Å². The molecule has 0 saturated heterocycles. The highest BCUT2D eigenvalue weighted by atomic mass is 16.5. The van der Waals surface area contributed by atoms with Crippen LogP contribution in [-0.2, 0) is 4.79 Å². The Morgan fingerprint density at radius 3 is 2.50 bits per heavy atom. The SMILES string of the molecule is Cc1cc(C)cc(OCCC(=O)N[C@H](C)CO)c1. The lowest BCUT2D eigenvalue weighted by Gasteiger charge is -2.11. The number of amides is 1. The van der Waals surface area contributed by atoms with Gasteiger partial charge in [-0.15, -0.1) is 0 Å². The maximum atomic E-state index is 11.4. The van der Waals surface area contributed by atoms with Crippen LogP contribution in [0, 0.1) is 13.8 Å². The van der Waals surface area contributed by atoms with Gasteiger partial charge >= 0.3 is 0 Å². The highest BCUT2D eigenvalue weighted by molar-refractivity contribution is 5.76. The zero-order valence-corrected chi connectivity index (χ0v) is 11.2. The standard InChI is InChI=1S/C14H21NO3/c1-10-6-11(2)8-13(7-10)18-5-4-14(17)15-12(3)9-16/h6-8,12,16H,4-5,9H2,1-3H3,(H,15,17)/t12-/m1/s1. The van der Waals surface area contributed by atoms with Crippen LogP contribution in [0.25, 0.3) is 0 Å². The summed E-state index contributed by atoms with van der Waals surface area (Å²) < 4.78 is 5.53. The molecule has 2 N–H and O–H groups in total. The highest BCUT2D eigenvalue weighted by Crippen LogP contribution is 2.16. The number of nitrogens with one attached hydrogen (secondary N) is 1. The second-order valence-electron chi connectivity index (χ2n) is 4.57. The monoisotopic (exact) mass is 251 g/mol. The number of ether oxygens (including phenoxy) is 1. The Balaban J connectivity index is 2.35. The number of aliphatic hydroxyl groups excluding tert-OH is 1. The van der Waals surface area contributed by atoms with E-state index < -0.39 is 0 Å². The third kappa shape index (κ3) is 5.19. The minimum absolute atomic E-state index is 0.0519. The molecular weight excluding hydrogens is 230 g/mol. The third-order valence-corrected chi connectivity index (χ3v) is 2.47. The Hall–Kier alpha value is -1.55. The van der Waals surface area contributed by atoms with Gasteiger partial charge in [0, 0.05) is 6.04 Å². The van der Waals surface area contributed by atoms with Crippen LogP contribution < -0.4 is 10.1 Å². The zero-order valence-electron chi connectivity index (χ0n) is 11.2. The fourth-order valence-electron chi connectivity index (χ4n) is 1.67. The highest BCUT2D eigenvalue weighted by Gasteiger charge is 2.06. The van der Waals surface area contributed by atoms with Crippen molar-refractivity contribution < 1.29 is 14.6 Å². The van der Waals surface area contributed by atoms with Crippen molar-refractivity contribution in [1.29, 1.82) is 0 Å². The molecule has 18 heavy (non-hydrogen) atoms. The quantitative estimate of drug-likeness (QED) is 0.807. The van der Waals surface area contributed by atoms with Gasteiger partial charge in [0.05, 0.1) is 19.6 Å². The maximum Gasteiger partial charge on any atom is 0.223 e.